The zero-order valence-corrected chi connectivity index (χ0v) is 13.5. The maximum Gasteiger partial charge on any atom is 0.122 e. The van der Waals surface area contributed by atoms with Gasteiger partial charge in [0, 0.05) is 6.54 Å². The summed E-state index contributed by atoms with van der Waals surface area (Å²) in [6.07, 6.45) is 0. The van der Waals surface area contributed by atoms with E-state index in [0.717, 1.165) is 17.1 Å². The molecule has 24 heavy (non-hydrogen) atoms. The summed E-state index contributed by atoms with van der Waals surface area (Å²) >= 11 is 0. The van der Waals surface area contributed by atoms with Crippen LogP contribution in [-0.2, 0) is 6.54 Å². The van der Waals surface area contributed by atoms with Crippen LogP contribution < -0.4 is 15.2 Å². The van der Waals surface area contributed by atoms with Crippen LogP contribution in [0.15, 0.2) is 78.9 Å². The molecule has 0 unspecified atom stereocenters. The van der Waals surface area contributed by atoms with E-state index in [-0.39, 0.29) is 0 Å². The Balaban J connectivity index is 1.48. The molecule has 3 heteroatoms. The predicted molar refractivity (Wildman–Crippen MR) is 97.2 cm³/mol. The largest absolute Gasteiger partial charge is 0.490 e. The zero-order chi connectivity index (χ0) is 16.6. The van der Waals surface area contributed by atoms with Crippen molar-refractivity contribution in [2.24, 2.45) is 5.73 Å². The van der Waals surface area contributed by atoms with E-state index in [0.29, 0.717) is 19.8 Å². The fourth-order valence-corrected chi connectivity index (χ4v) is 2.46. The second kappa shape index (κ2) is 8.18. The quantitative estimate of drug-likeness (QED) is 0.661. The number of hydrogen-bond acceptors (Lipinski definition) is 3. The first-order chi connectivity index (χ1) is 11.8. The smallest absolute Gasteiger partial charge is 0.122 e. The average molecular weight is 319 g/mol. The van der Waals surface area contributed by atoms with Crippen LogP contribution in [-0.4, -0.2) is 13.2 Å². The molecule has 3 aromatic rings. The van der Waals surface area contributed by atoms with Gasteiger partial charge in [-0.25, -0.2) is 0 Å². The molecule has 0 radical (unpaired) electrons. The van der Waals surface area contributed by atoms with Gasteiger partial charge in [0.25, 0.3) is 0 Å². The van der Waals surface area contributed by atoms with E-state index in [1.165, 1.54) is 11.1 Å². The van der Waals surface area contributed by atoms with Crippen LogP contribution in [0.1, 0.15) is 5.56 Å². The van der Waals surface area contributed by atoms with E-state index >= 15 is 0 Å². The van der Waals surface area contributed by atoms with Gasteiger partial charge in [0.05, 0.1) is 0 Å². The van der Waals surface area contributed by atoms with Gasteiger partial charge in [0.15, 0.2) is 0 Å². The minimum Gasteiger partial charge on any atom is -0.490 e. The van der Waals surface area contributed by atoms with E-state index in [1.54, 1.807) is 0 Å². The molecule has 0 saturated carbocycles. The normalized spacial score (nSPS) is 10.4. The summed E-state index contributed by atoms with van der Waals surface area (Å²) in [7, 11) is 0. The highest BCUT2D eigenvalue weighted by Crippen LogP contribution is 2.22. The number of hydrogen-bond donors (Lipinski definition) is 1. The van der Waals surface area contributed by atoms with E-state index in [9.17, 15) is 0 Å². The van der Waals surface area contributed by atoms with Crippen molar-refractivity contribution in [1.82, 2.24) is 0 Å². The van der Waals surface area contributed by atoms with Gasteiger partial charge in [0.1, 0.15) is 24.7 Å². The lowest BCUT2D eigenvalue weighted by molar-refractivity contribution is 0.217. The fourth-order valence-electron chi connectivity index (χ4n) is 2.46. The summed E-state index contributed by atoms with van der Waals surface area (Å²) in [4.78, 5) is 0. The van der Waals surface area contributed by atoms with Crippen molar-refractivity contribution >= 4 is 0 Å². The molecule has 0 aliphatic heterocycles. The van der Waals surface area contributed by atoms with Crippen LogP contribution in [0, 0.1) is 0 Å². The number of nitrogens with two attached hydrogens (primary N) is 1. The van der Waals surface area contributed by atoms with E-state index in [4.69, 9.17) is 15.2 Å². The third-order valence-electron chi connectivity index (χ3n) is 3.72. The van der Waals surface area contributed by atoms with Crippen LogP contribution in [0.2, 0.25) is 0 Å². The van der Waals surface area contributed by atoms with Gasteiger partial charge in [-0.2, -0.15) is 0 Å². The van der Waals surface area contributed by atoms with Crippen molar-refractivity contribution in [2.75, 3.05) is 13.2 Å². The molecule has 0 fully saturated rings. The Hall–Kier alpha value is -2.78. The van der Waals surface area contributed by atoms with E-state index < -0.39 is 0 Å². The Morgan fingerprint density at radius 3 is 2.00 bits per heavy atom. The molecule has 0 amide bonds. The van der Waals surface area contributed by atoms with Gasteiger partial charge < -0.3 is 15.2 Å². The monoisotopic (exact) mass is 319 g/mol. The van der Waals surface area contributed by atoms with E-state index in [1.807, 2.05) is 54.6 Å². The molecule has 0 heterocycles. The van der Waals surface area contributed by atoms with Gasteiger partial charge in [-0.1, -0.05) is 54.6 Å². The zero-order valence-electron chi connectivity index (χ0n) is 13.5. The third kappa shape index (κ3) is 4.37. The first kappa shape index (κ1) is 16.1. The Labute approximate surface area is 142 Å². The second-order valence-electron chi connectivity index (χ2n) is 5.44. The van der Waals surface area contributed by atoms with Crippen molar-refractivity contribution in [1.29, 1.82) is 0 Å². The molecule has 0 atom stereocenters. The second-order valence-corrected chi connectivity index (χ2v) is 5.44. The number of benzene rings is 3. The molecular weight excluding hydrogens is 298 g/mol. The highest BCUT2D eigenvalue weighted by Gasteiger charge is 1.99. The molecule has 0 aliphatic rings. The Bertz CT molecular complexity index is 754. The van der Waals surface area contributed by atoms with Crippen molar-refractivity contribution in [3.63, 3.8) is 0 Å². The SMILES string of the molecule is NCc1cccc(OCCOc2ccc(-c3ccccc3)cc2)c1. The number of ether oxygens (including phenoxy) is 2. The first-order valence-corrected chi connectivity index (χ1v) is 8.05. The summed E-state index contributed by atoms with van der Waals surface area (Å²) in [6.45, 7) is 1.51. The van der Waals surface area contributed by atoms with Gasteiger partial charge in [-0.3, -0.25) is 0 Å². The Kier molecular flexibility index (Phi) is 5.48. The summed E-state index contributed by atoms with van der Waals surface area (Å²) < 4.78 is 11.4. The molecule has 0 aliphatic carbocycles. The topological polar surface area (TPSA) is 44.5 Å². The lowest BCUT2D eigenvalue weighted by atomic mass is 10.1. The highest BCUT2D eigenvalue weighted by molar-refractivity contribution is 5.63. The molecular formula is C21H21NO2. The maximum atomic E-state index is 5.73. The molecule has 3 aromatic carbocycles. The van der Waals surface area contributed by atoms with Gasteiger partial charge >= 0.3 is 0 Å². The molecule has 3 nitrogen and oxygen atoms in total. The van der Waals surface area contributed by atoms with Crippen molar-refractivity contribution in [3.05, 3.63) is 84.4 Å². The Morgan fingerprint density at radius 1 is 0.625 bits per heavy atom. The van der Waals surface area contributed by atoms with Crippen LogP contribution in [0.5, 0.6) is 11.5 Å². The molecule has 0 bridgehead atoms. The van der Waals surface area contributed by atoms with E-state index in [2.05, 4.69) is 24.3 Å². The molecule has 2 N–H and O–H groups in total. The lowest BCUT2D eigenvalue weighted by Crippen LogP contribution is -2.09. The van der Waals surface area contributed by atoms with Gasteiger partial charge in [0.2, 0.25) is 0 Å². The lowest BCUT2D eigenvalue weighted by Gasteiger charge is -2.10. The summed E-state index contributed by atoms with van der Waals surface area (Å²) in [6, 6.07) is 26.2. The highest BCUT2D eigenvalue weighted by atomic mass is 16.5. The van der Waals surface area contributed by atoms with Crippen molar-refractivity contribution in [3.8, 4) is 22.6 Å². The van der Waals surface area contributed by atoms with Gasteiger partial charge in [-0.15, -0.1) is 0 Å². The Morgan fingerprint density at radius 2 is 1.29 bits per heavy atom. The first-order valence-electron chi connectivity index (χ1n) is 8.05. The third-order valence-corrected chi connectivity index (χ3v) is 3.72. The standard InChI is InChI=1S/C21H21NO2/c22-16-17-5-4-8-21(15-17)24-14-13-23-20-11-9-19(10-12-20)18-6-2-1-3-7-18/h1-12,15H,13-14,16,22H2. The van der Waals surface area contributed by atoms with Crippen LogP contribution in [0.3, 0.4) is 0 Å². The molecule has 0 aromatic heterocycles. The predicted octanol–water partition coefficient (Wildman–Crippen LogP) is 4.27. The number of rotatable bonds is 7. The summed E-state index contributed by atoms with van der Waals surface area (Å²) in [5, 5.41) is 0. The fraction of sp³-hybridized carbons (Fsp3) is 0.143. The average Bonchev–Trinajstić information content (AvgIpc) is 2.67. The molecule has 3 rings (SSSR count). The molecule has 0 spiro atoms. The van der Waals surface area contributed by atoms with Crippen LogP contribution in [0.25, 0.3) is 11.1 Å². The van der Waals surface area contributed by atoms with Crippen molar-refractivity contribution < 1.29 is 9.47 Å². The summed E-state index contributed by atoms with van der Waals surface area (Å²) in [5.41, 5.74) is 9.06. The van der Waals surface area contributed by atoms with Crippen LogP contribution >= 0.6 is 0 Å². The minimum absolute atomic E-state index is 0.495. The molecule has 122 valence electrons. The summed E-state index contributed by atoms with van der Waals surface area (Å²) in [5.74, 6) is 1.66. The van der Waals surface area contributed by atoms with Gasteiger partial charge in [-0.05, 0) is 41.0 Å². The minimum atomic E-state index is 0.495. The molecule has 0 saturated heterocycles. The van der Waals surface area contributed by atoms with Crippen molar-refractivity contribution in [2.45, 2.75) is 6.54 Å². The van der Waals surface area contributed by atoms with Crippen LogP contribution in [0.4, 0.5) is 0 Å². The maximum absolute atomic E-state index is 5.73.